The van der Waals surface area contributed by atoms with Crippen LogP contribution in [0.25, 0.3) is 0 Å². The summed E-state index contributed by atoms with van der Waals surface area (Å²) in [6, 6.07) is 12.0. The van der Waals surface area contributed by atoms with Gasteiger partial charge in [0.25, 0.3) is 0 Å². The maximum atomic E-state index is 12.2. The fourth-order valence-electron chi connectivity index (χ4n) is 6.92. The molecule has 0 spiro atoms. The second-order valence-electron chi connectivity index (χ2n) is 13.9. The Morgan fingerprint density at radius 1 is 0.600 bits per heavy atom. The maximum absolute atomic E-state index is 12.2. The molecule has 3 aliphatic heterocycles. The largest absolute Gasteiger partial charge is 0.573 e. The summed E-state index contributed by atoms with van der Waals surface area (Å²) in [4.78, 5) is 12.2. The summed E-state index contributed by atoms with van der Waals surface area (Å²) in [6.07, 6.45) is 1.61. The highest BCUT2D eigenvalue weighted by atomic mass is 32.1. The number of thiazole rings is 2. The molecule has 7 rings (SSSR count). The van der Waals surface area contributed by atoms with Crippen LogP contribution in [0.3, 0.4) is 0 Å². The molecule has 0 bridgehead atoms. The Labute approximate surface area is 327 Å². The molecule has 4 aromatic rings. The van der Waals surface area contributed by atoms with Gasteiger partial charge in [0.05, 0.1) is 21.4 Å². The fraction of sp³-hybridized carbons (Fsp3) is 0.550. The number of aryl methyl sites for hydroxylation is 2. The van der Waals surface area contributed by atoms with Crippen molar-refractivity contribution >= 4 is 22.7 Å². The lowest BCUT2D eigenvalue weighted by Gasteiger charge is -2.22. The SMILES string of the molecule is C1CCNCC1.CCc1nc(Cc2ccc(OC(F)(F)F)cc2)sc1C1CCNCC1.Cc1nc(Cc2ccc(OC(F)(F)F)cc2)sc1C1CCNCC1. The van der Waals surface area contributed by atoms with Crippen LogP contribution in [0.15, 0.2) is 48.5 Å². The molecule has 0 radical (unpaired) electrons. The van der Waals surface area contributed by atoms with E-state index in [2.05, 4.69) is 37.3 Å². The highest BCUT2D eigenvalue weighted by molar-refractivity contribution is 7.12. The van der Waals surface area contributed by atoms with Crippen molar-refractivity contribution in [3.8, 4) is 11.5 Å². The minimum atomic E-state index is -4.66. The highest BCUT2D eigenvalue weighted by Gasteiger charge is 2.32. The van der Waals surface area contributed by atoms with Crippen molar-refractivity contribution in [1.82, 2.24) is 25.9 Å². The highest BCUT2D eigenvalue weighted by Crippen LogP contribution is 2.35. The van der Waals surface area contributed by atoms with E-state index in [1.807, 2.05) is 6.92 Å². The predicted molar refractivity (Wildman–Crippen MR) is 207 cm³/mol. The van der Waals surface area contributed by atoms with Crippen LogP contribution < -0.4 is 25.4 Å². The van der Waals surface area contributed by atoms with Gasteiger partial charge in [0.2, 0.25) is 0 Å². The van der Waals surface area contributed by atoms with Gasteiger partial charge in [-0.15, -0.1) is 49.0 Å². The minimum Gasteiger partial charge on any atom is -0.406 e. The first-order chi connectivity index (χ1) is 26.3. The molecule has 3 saturated heterocycles. The van der Waals surface area contributed by atoms with Crippen LogP contribution in [0.4, 0.5) is 26.3 Å². The smallest absolute Gasteiger partial charge is 0.406 e. The summed E-state index contributed by atoms with van der Waals surface area (Å²) in [5.74, 6) is 0.752. The quantitative estimate of drug-likeness (QED) is 0.145. The number of hydrogen-bond acceptors (Lipinski definition) is 9. The molecule has 0 saturated carbocycles. The summed E-state index contributed by atoms with van der Waals surface area (Å²) in [5, 5.41) is 12.1. The first-order valence-electron chi connectivity index (χ1n) is 19.1. The summed E-state index contributed by atoms with van der Waals surface area (Å²) < 4.78 is 81.0. The molecule has 0 atom stereocenters. The topological polar surface area (TPSA) is 80.3 Å². The molecule has 3 N–H and O–H groups in total. The minimum absolute atomic E-state index is 0.194. The molecule has 0 aliphatic carbocycles. The number of aromatic nitrogens is 2. The monoisotopic (exact) mass is 811 g/mol. The van der Waals surface area contributed by atoms with Crippen LogP contribution in [0.2, 0.25) is 0 Å². The van der Waals surface area contributed by atoms with E-state index in [9.17, 15) is 26.3 Å². The van der Waals surface area contributed by atoms with Crippen molar-refractivity contribution in [2.45, 2.75) is 103 Å². The van der Waals surface area contributed by atoms with Crippen LogP contribution in [-0.4, -0.2) is 62.0 Å². The number of ether oxygens (including phenoxy) is 2. The first kappa shape index (κ1) is 42.9. The molecule has 2 aromatic carbocycles. The van der Waals surface area contributed by atoms with Gasteiger partial charge in [0.15, 0.2) is 0 Å². The van der Waals surface area contributed by atoms with Gasteiger partial charge in [-0.3, -0.25) is 0 Å². The first-order valence-corrected chi connectivity index (χ1v) is 20.7. The standard InChI is InChI=1S/C18H21F3N2OS.C17H19F3N2OS.C5H11N/c1-2-15-17(13-7-9-22-10-8-13)25-16(23-15)11-12-3-5-14(6-4-12)24-18(19,20)21;1-11-16(13-6-8-21-9-7-13)24-15(22-11)10-12-2-4-14(5-3-12)23-17(18,19)20;1-2-4-6-5-3-1/h3-6,13,22H,2,7-11H2,1H3;2-5,13,21H,6-10H2,1H3;6H,1-5H2. The lowest BCUT2D eigenvalue weighted by atomic mass is 9.95. The number of halogens is 6. The van der Waals surface area contributed by atoms with Crippen LogP contribution in [0.1, 0.15) is 106 Å². The lowest BCUT2D eigenvalue weighted by molar-refractivity contribution is -0.275. The third kappa shape index (κ3) is 14.7. The summed E-state index contributed by atoms with van der Waals surface area (Å²) in [5.41, 5.74) is 4.11. The Morgan fingerprint density at radius 3 is 1.42 bits per heavy atom. The summed E-state index contributed by atoms with van der Waals surface area (Å²) >= 11 is 3.47. The van der Waals surface area contributed by atoms with E-state index in [4.69, 9.17) is 4.98 Å². The molecule has 0 unspecified atom stereocenters. The van der Waals surface area contributed by atoms with E-state index < -0.39 is 12.7 Å². The third-order valence-corrected chi connectivity index (χ3v) is 12.2. The third-order valence-electron chi connectivity index (χ3n) is 9.64. The Morgan fingerprint density at radius 2 is 1.02 bits per heavy atom. The molecular formula is C40H51F6N5O2S2. The summed E-state index contributed by atoms with van der Waals surface area (Å²) in [7, 11) is 0. The number of rotatable bonds is 9. The Kier molecular flexibility index (Phi) is 16.2. The molecule has 302 valence electrons. The average molecular weight is 812 g/mol. The molecule has 7 nitrogen and oxygen atoms in total. The van der Waals surface area contributed by atoms with Crippen molar-refractivity contribution in [1.29, 1.82) is 0 Å². The van der Waals surface area contributed by atoms with E-state index in [1.54, 1.807) is 46.9 Å². The zero-order chi connectivity index (χ0) is 39.3. The van der Waals surface area contributed by atoms with E-state index in [-0.39, 0.29) is 11.5 Å². The second-order valence-corrected chi connectivity index (χ2v) is 16.2. The zero-order valence-electron chi connectivity index (χ0n) is 31.4. The van der Waals surface area contributed by atoms with E-state index >= 15 is 0 Å². The van der Waals surface area contributed by atoms with Gasteiger partial charge in [0.1, 0.15) is 11.5 Å². The number of benzene rings is 2. The molecular weight excluding hydrogens is 761 g/mol. The molecule has 55 heavy (non-hydrogen) atoms. The number of nitrogens with one attached hydrogen (secondary N) is 3. The van der Waals surface area contributed by atoms with Gasteiger partial charge < -0.3 is 25.4 Å². The van der Waals surface area contributed by atoms with Gasteiger partial charge in [-0.1, -0.05) is 37.6 Å². The Hall–Kier alpha value is -3.24. The van der Waals surface area contributed by atoms with Crippen molar-refractivity contribution in [3.63, 3.8) is 0 Å². The normalized spacial score (nSPS) is 17.1. The van der Waals surface area contributed by atoms with Crippen LogP contribution in [-0.2, 0) is 19.3 Å². The number of nitrogens with zero attached hydrogens (tertiary/aromatic N) is 2. The molecule has 15 heteroatoms. The van der Waals surface area contributed by atoms with Gasteiger partial charge >= 0.3 is 12.7 Å². The summed E-state index contributed by atoms with van der Waals surface area (Å²) in [6.45, 7) is 10.8. The molecule has 2 aromatic heterocycles. The number of hydrogen-bond donors (Lipinski definition) is 3. The van der Waals surface area contributed by atoms with Crippen molar-refractivity contribution < 1.29 is 35.8 Å². The van der Waals surface area contributed by atoms with Crippen LogP contribution in [0, 0.1) is 6.92 Å². The van der Waals surface area contributed by atoms with Crippen molar-refractivity contribution in [2.75, 3.05) is 39.3 Å². The molecule has 0 amide bonds. The fourth-order valence-corrected chi connectivity index (χ4v) is 9.55. The lowest BCUT2D eigenvalue weighted by Crippen LogP contribution is -2.26. The van der Waals surface area contributed by atoms with E-state index in [0.29, 0.717) is 24.7 Å². The van der Waals surface area contributed by atoms with Gasteiger partial charge in [-0.25, -0.2) is 9.97 Å². The number of alkyl halides is 6. The average Bonchev–Trinajstić information content (AvgIpc) is 3.76. The second kappa shape index (κ2) is 20.8. The van der Waals surface area contributed by atoms with Crippen molar-refractivity contribution in [2.24, 2.45) is 0 Å². The van der Waals surface area contributed by atoms with Crippen molar-refractivity contribution in [3.05, 3.63) is 90.8 Å². The van der Waals surface area contributed by atoms with E-state index in [1.165, 1.54) is 72.1 Å². The van der Waals surface area contributed by atoms with Crippen LogP contribution in [0.5, 0.6) is 11.5 Å². The Balaban J connectivity index is 0.000000183. The number of piperidine rings is 3. The molecule has 3 fully saturated rings. The van der Waals surface area contributed by atoms with Crippen LogP contribution >= 0.6 is 22.7 Å². The molecule has 5 heterocycles. The van der Waals surface area contributed by atoms with Gasteiger partial charge in [-0.2, -0.15) is 0 Å². The van der Waals surface area contributed by atoms with Gasteiger partial charge in [0, 0.05) is 22.6 Å². The maximum Gasteiger partial charge on any atom is 0.573 e. The molecule has 3 aliphatic rings. The Bertz CT molecular complexity index is 1700. The zero-order valence-corrected chi connectivity index (χ0v) is 33.0. The predicted octanol–water partition coefficient (Wildman–Crippen LogP) is 9.83. The van der Waals surface area contributed by atoms with E-state index in [0.717, 1.165) is 85.1 Å². The van der Waals surface area contributed by atoms with Gasteiger partial charge in [-0.05, 0) is 138 Å².